The van der Waals surface area contributed by atoms with E-state index in [1.165, 1.54) is 16.5 Å². The minimum atomic E-state index is 0.737. The zero-order chi connectivity index (χ0) is 15.3. The highest BCUT2D eigenvalue weighted by Crippen LogP contribution is 2.32. The van der Waals surface area contributed by atoms with Gasteiger partial charge in [-0.15, -0.1) is 0 Å². The fourth-order valence-electron chi connectivity index (χ4n) is 2.89. The molecule has 2 nitrogen and oxygen atoms in total. The van der Waals surface area contributed by atoms with Crippen LogP contribution < -0.4 is 0 Å². The van der Waals surface area contributed by atoms with E-state index < -0.39 is 0 Å². The molecule has 0 saturated carbocycles. The van der Waals surface area contributed by atoms with Crippen LogP contribution in [0.2, 0.25) is 5.02 Å². The van der Waals surface area contributed by atoms with Crippen molar-refractivity contribution >= 4 is 33.4 Å². The minimum absolute atomic E-state index is 0.737. The van der Waals surface area contributed by atoms with Crippen LogP contribution in [0.15, 0.2) is 48.7 Å². The molecule has 4 aromatic rings. The van der Waals surface area contributed by atoms with Gasteiger partial charge >= 0.3 is 0 Å². The summed E-state index contributed by atoms with van der Waals surface area (Å²) in [5, 5.41) is 2.90. The van der Waals surface area contributed by atoms with Crippen LogP contribution in [0, 0.1) is 13.8 Å². The number of rotatable bonds is 1. The van der Waals surface area contributed by atoms with Crippen molar-refractivity contribution in [3.8, 4) is 11.3 Å². The Kier molecular flexibility index (Phi) is 2.95. The van der Waals surface area contributed by atoms with Crippen LogP contribution in [-0.2, 0) is 0 Å². The Hall–Kier alpha value is -2.32. The third-order valence-electron chi connectivity index (χ3n) is 4.03. The van der Waals surface area contributed by atoms with Gasteiger partial charge < -0.3 is 4.98 Å². The first kappa shape index (κ1) is 13.4. The summed E-state index contributed by atoms with van der Waals surface area (Å²) >= 11 is 6.46. The molecule has 3 heteroatoms. The number of H-pyrrole nitrogens is 1. The Morgan fingerprint density at radius 1 is 0.909 bits per heavy atom. The van der Waals surface area contributed by atoms with Crippen LogP contribution in [0.5, 0.6) is 0 Å². The summed E-state index contributed by atoms with van der Waals surface area (Å²) in [5.41, 5.74) is 6.46. The first-order valence-electron chi connectivity index (χ1n) is 7.27. The lowest BCUT2D eigenvalue weighted by molar-refractivity contribution is 1.38. The molecule has 0 aliphatic heterocycles. The average Bonchev–Trinajstić information content (AvgIpc) is 2.89. The minimum Gasteiger partial charge on any atom is -0.360 e. The Morgan fingerprint density at radius 3 is 2.45 bits per heavy atom. The van der Waals surface area contributed by atoms with Crippen LogP contribution in [-0.4, -0.2) is 9.97 Å². The van der Waals surface area contributed by atoms with Crippen LogP contribution in [0.1, 0.15) is 11.1 Å². The summed E-state index contributed by atoms with van der Waals surface area (Å²) in [5.74, 6) is 0. The van der Waals surface area contributed by atoms with Gasteiger partial charge in [0.1, 0.15) is 0 Å². The lowest BCUT2D eigenvalue weighted by Crippen LogP contribution is -1.87. The summed E-state index contributed by atoms with van der Waals surface area (Å²) in [6, 6.07) is 14.5. The number of aryl methyl sites for hydroxylation is 2. The van der Waals surface area contributed by atoms with E-state index in [2.05, 4.69) is 49.2 Å². The molecule has 4 rings (SSSR count). The highest BCUT2D eigenvalue weighted by Gasteiger charge is 2.11. The molecule has 2 aromatic heterocycles. The number of hydrogen-bond acceptors (Lipinski definition) is 1. The molecule has 0 aliphatic carbocycles. The number of nitrogens with zero attached hydrogens (tertiary/aromatic N) is 1. The molecule has 0 aliphatic rings. The Morgan fingerprint density at radius 2 is 1.64 bits per heavy atom. The highest BCUT2D eigenvalue weighted by atomic mass is 35.5. The molecule has 1 N–H and O–H groups in total. The third kappa shape index (κ3) is 2.08. The average molecular weight is 307 g/mol. The molecule has 0 amide bonds. The number of halogens is 1. The van der Waals surface area contributed by atoms with Crippen LogP contribution in [0.25, 0.3) is 33.1 Å². The van der Waals surface area contributed by atoms with Crippen molar-refractivity contribution in [1.29, 1.82) is 0 Å². The fourth-order valence-corrected chi connectivity index (χ4v) is 3.15. The largest absolute Gasteiger partial charge is 0.360 e. The highest BCUT2D eigenvalue weighted by molar-refractivity contribution is 6.35. The van der Waals surface area contributed by atoms with E-state index in [1.807, 2.05) is 18.3 Å². The van der Waals surface area contributed by atoms with Gasteiger partial charge in [0, 0.05) is 28.0 Å². The quantitative estimate of drug-likeness (QED) is 0.483. The topological polar surface area (TPSA) is 28.7 Å². The molecular formula is C19H15ClN2. The number of pyridine rings is 1. The Labute approximate surface area is 133 Å². The standard InChI is InChI=1S/C19H15ClN2/c1-11-3-5-13-15(10-21-17(13)7-11)19-9-16(20)14-6-4-12(2)8-18(14)22-19/h3-10,21H,1-2H3. The van der Waals surface area contributed by atoms with Crippen molar-refractivity contribution < 1.29 is 0 Å². The summed E-state index contributed by atoms with van der Waals surface area (Å²) in [6.45, 7) is 4.16. The lowest BCUT2D eigenvalue weighted by atomic mass is 10.1. The molecule has 108 valence electrons. The maximum absolute atomic E-state index is 6.46. The smallest absolute Gasteiger partial charge is 0.0746 e. The van der Waals surface area contributed by atoms with Crippen molar-refractivity contribution in [3.05, 3.63) is 64.8 Å². The van der Waals surface area contributed by atoms with Gasteiger partial charge in [-0.2, -0.15) is 0 Å². The van der Waals surface area contributed by atoms with E-state index in [0.717, 1.165) is 32.7 Å². The summed E-state index contributed by atoms with van der Waals surface area (Å²) in [6.07, 6.45) is 2.00. The molecule has 2 aromatic carbocycles. The molecule has 22 heavy (non-hydrogen) atoms. The van der Waals surface area contributed by atoms with Gasteiger partial charge in [0.2, 0.25) is 0 Å². The fraction of sp³-hybridized carbons (Fsp3) is 0.105. The number of hydrogen-bond donors (Lipinski definition) is 1. The zero-order valence-electron chi connectivity index (χ0n) is 12.4. The molecular weight excluding hydrogens is 292 g/mol. The molecule has 2 heterocycles. The van der Waals surface area contributed by atoms with Gasteiger partial charge in [-0.1, -0.05) is 35.9 Å². The predicted octanol–water partition coefficient (Wildman–Crippen LogP) is 5.65. The van der Waals surface area contributed by atoms with Crippen molar-refractivity contribution in [2.24, 2.45) is 0 Å². The van der Waals surface area contributed by atoms with Gasteiger partial charge in [-0.25, -0.2) is 4.98 Å². The van der Waals surface area contributed by atoms with E-state index in [4.69, 9.17) is 16.6 Å². The first-order valence-corrected chi connectivity index (χ1v) is 7.64. The molecule has 0 atom stereocenters. The second kappa shape index (κ2) is 4.85. The summed E-state index contributed by atoms with van der Waals surface area (Å²) in [7, 11) is 0. The SMILES string of the molecule is Cc1ccc2c(Cl)cc(-c3c[nH]c4cc(C)ccc34)nc2c1. The normalized spacial score (nSPS) is 11.4. The van der Waals surface area contributed by atoms with Crippen molar-refractivity contribution in [1.82, 2.24) is 9.97 Å². The van der Waals surface area contributed by atoms with E-state index >= 15 is 0 Å². The van der Waals surface area contributed by atoms with Crippen molar-refractivity contribution in [2.45, 2.75) is 13.8 Å². The molecule has 0 unspecified atom stereocenters. The van der Waals surface area contributed by atoms with Crippen molar-refractivity contribution in [2.75, 3.05) is 0 Å². The maximum atomic E-state index is 6.46. The Bertz CT molecular complexity index is 1010. The van der Waals surface area contributed by atoms with Gasteiger partial charge in [0.05, 0.1) is 16.2 Å². The van der Waals surface area contributed by atoms with Gasteiger partial charge in [-0.3, -0.25) is 0 Å². The molecule has 0 fully saturated rings. The van der Waals surface area contributed by atoms with E-state index in [9.17, 15) is 0 Å². The summed E-state index contributed by atoms with van der Waals surface area (Å²) < 4.78 is 0. The molecule has 0 saturated heterocycles. The molecule has 0 bridgehead atoms. The van der Waals surface area contributed by atoms with Gasteiger partial charge in [-0.05, 0) is 43.2 Å². The molecule has 0 radical (unpaired) electrons. The Balaban J connectivity index is 1.99. The third-order valence-corrected chi connectivity index (χ3v) is 4.34. The van der Waals surface area contributed by atoms with Crippen LogP contribution in [0.3, 0.4) is 0 Å². The van der Waals surface area contributed by atoms with Gasteiger partial charge in [0.15, 0.2) is 0 Å². The van der Waals surface area contributed by atoms with Gasteiger partial charge in [0.25, 0.3) is 0 Å². The first-order chi connectivity index (χ1) is 10.6. The van der Waals surface area contributed by atoms with Crippen molar-refractivity contribution in [3.63, 3.8) is 0 Å². The molecule has 0 spiro atoms. The maximum Gasteiger partial charge on any atom is 0.0746 e. The predicted molar refractivity (Wildman–Crippen MR) is 93.5 cm³/mol. The van der Waals surface area contributed by atoms with E-state index in [-0.39, 0.29) is 0 Å². The second-order valence-corrected chi connectivity index (χ2v) is 6.17. The second-order valence-electron chi connectivity index (χ2n) is 5.76. The van der Waals surface area contributed by atoms with E-state index in [1.54, 1.807) is 0 Å². The monoisotopic (exact) mass is 306 g/mol. The number of aromatic amines is 1. The number of fused-ring (bicyclic) bond motifs is 2. The number of benzene rings is 2. The van der Waals surface area contributed by atoms with Crippen LogP contribution in [0.4, 0.5) is 0 Å². The zero-order valence-corrected chi connectivity index (χ0v) is 13.2. The number of aromatic nitrogens is 2. The summed E-state index contributed by atoms with van der Waals surface area (Å²) in [4.78, 5) is 8.13. The van der Waals surface area contributed by atoms with Crippen LogP contribution >= 0.6 is 11.6 Å². The number of nitrogens with one attached hydrogen (secondary N) is 1. The lowest BCUT2D eigenvalue weighted by Gasteiger charge is -2.06. The van der Waals surface area contributed by atoms with E-state index in [0.29, 0.717) is 0 Å².